The molecule has 0 aromatic heterocycles. The van der Waals surface area contributed by atoms with Crippen molar-refractivity contribution in [2.24, 2.45) is 5.73 Å². The molecule has 1 heterocycles. The van der Waals surface area contributed by atoms with Crippen LogP contribution in [0, 0.1) is 11.3 Å². The van der Waals surface area contributed by atoms with Gasteiger partial charge < -0.3 is 15.0 Å². The lowest BCUT2D eigenvalue weighted by Gasteiger charge is -2.32. The Bertz CT molecular complexity index is 1030. The molecule has 2 aromatic rings. The number of hydrogen-bond donors (Lipinski definition) is 1. The van der Waals surface area contributed by atoms with Gasteiger partial charge in [0.25, 0.3) is 0 Å². The van der Waals surface area contributed by atoms with Crippen LogP contribution >= 0.6 is 0 Å². The number of alkyl halides is 3. The van der Waals surface area contributed by atoms with Crippen molar-refractivity contribution < 1.29 is 27.3 Å². The predicted octanol–water partition coefficient (Wildman–Crippen LogP) is 3.49. The number of nitriles is 1. The summed E-state index contributed by atoms with van der Waals surface area (Å²) in [5, 5.41) is 8.98. The van der Waals surface area contributed by atoms with Gasteiger partial charge in [0.15, 0.2) is 0 Å². The summed E-state index contributed by atoms with van der Waals surface area (Å²) in [4.78, 5) is 12.2. The summed E-state index contributed by atoms with van der Waals surface area (Å²) in [7, 11) is -0.613. The van der Waals surface area contributed by atoms with Crippen molar-refractivity contribution in [1.82, 2.24) is 0 Å². The van der Waals surface area contributed by atoms with Gasteiger partial charge in [-0.1, -0.05) is 30.3 Å². The van der Waals surface area contributed by atoms with E-state index in [0.717, 1.165) is 12.1 Å². The third-order valence-corrected chi connectivity index (χ3v) is 5.88. The maximum atomic E-state index is 13.3. The molecule has 1 aliphatic heterocycles. The molecule has 1 saturated heterocycles. The maximum Gasteiger partial charge on any atom is 0.494 e. The number of halogens is 3. The number of amides is 1. The highest BCUT2D eigenvalue weighted by atomic mass is 19.4. The Labute approximate surface area is 179 Å². The molecule has 2 aromatic carbocycles. The zero-order valence-corrected chi connectivity index (χ0v) is 17.6. The Morgan fingerprint density at radius 2 is 1.55 bits per heavy atom. The average molecular weight is 430 g/mol. The van der Waals surface area contributed by atoms with E-state index in [1.165, 1.54) is 12.1 Å². The Morgan fingerprint density at radius 3 is 2.00 bits per heavy atom. The average Bonchev–Trinajstić information content (AvgIpc) is 2.89. The van der Waals surface area contributed by atoms with E-state index in [-0.39, 0.29) is 5.56 Å². The Morgan fingerprint density at radius 1 is 1.03 bits per heavy atom. The van der Waals surface area contributed by atoms with Crippen molar-refractivity contribution >= 4 is 18.5 Å². The van der Waals surface area contributed by atoms with Crippen LogP contribution in [-0.4, -0.2) is 24.2 Å². The molecule has 1 aliphatic rings. The van der Waals surface area contributed by atoms with Gasteiger partial charge in [-0.25, -0.2) is 0 Å². The fourth-order valence-corrected chi connectivity index (χ4v) is 3.42. The van der Waals surface area contributed by atoms with Gasteiger partial charge >= 0.3 is 13.3 Å². The lowest BCUT2D eigenvalue weighted by molar-refractivity contribution is -0.138. The third-order valence-electron chi connectivity index (χ3n) is 5.88. The molecule has 0 aliphatic carbocycles. The van der Waals surface area contributed by atoms with Crippen molar-refractivity contribution in [2.45, 2.75) is 51.0 Å². The monoisotopic (exact) mass is 430 g/mol. The van der Waals surface area contributed by atoms with Gasteiger partial charge in [0, 0.05) is 0 Å². The van der Waals surface area contributed by atoms with E-state index in [9.17, 15) is 18.0 Å². The SMILES string of the molecule is CC1(C)OB(c2ccc(C(C(N)=O)c3ccc(C#N)c(C(F)(F)F)c3)cc2)OC1(C)C. The number of primary amides is 1. The topological polar surface area (TPSA) is 85.3 Å². The van der Waals surface area contributed by atoms with Crippen LogP contribution in [0.5, 0.6) is 0 Å². The van der Waals surface area contributed by atoms with Crippen LogP contribution in [0.25, 0.3) is 0 Å². The minimum atomic E-state index is -4.73. The van der Waals surface area contributed by atoms with Crippen molar-refractivity contribution in [3.63, 3.8) is 0 Å². The van der Waals surface area contributed by atoms with Crippen molar-refractivity contribution in [2.75, 3.05) is 0 Å². The molecule has 0 bridgehead atoms. The smallest absolute Gasteiger partial charge is 0.399 e. The molecule has 162 valence electrons. The van der Waals surface area contributed by atoms with Crippen molar-refractivity contribution in [3.05, 3.63) is 64.7 Å². The Balaban J connectivity index is 1.96. The zero-order valence-electron chi connectivity index (χ0n) is 17.6. The summed E-state index contributed by atoms with van der Waals surface area (Å²) in [6, 6.07) is 11.3. The molecular weight excluding hydrogens is 408 g/mol. The molecule has 1 amide bonds. The Hall–Kier alpha value is -2.83. The molecule has 0 saturated carbocycles. The number of carbonyl (C=O) groups excluding carboxylic acids is 1. The van der Waals surface area contributed by atoms with Crippen LogP contribution in [0.3, 0.4) is 0 Å². The van der Waals surface area contributed by atoms with Crippen LogP contribution in [0.4, 0.5) is 13.2 Å². The number of carbonyl (C=O) groups is 1. The van der Waals surface area contributed by atoms with Gasteiger partial charge in [-0.15, -0.1) is 0 Å². The molecule has 2 N–H and O–H groups in total. The van der Waals surface area contributed by atoms with Crippen molar-refractivity contribution in [3.8, 4) is 6.07 Å². The highest BCUT2D eigenvalue weighted by molar-refractivity contribution is 6.62. The fraction of sp³-hybridized carbons (Fsp3) is 0.364. The van der Waals surface area contributed by atoms with Gasteiger partial charge in [-0.05, 0) is 56.4 Å². The summed E-state index contributed by atoms with van der Waals surface area (Å²) < 4.78 is 52.0. The molecule has 31 heavy (non-hydrogen) atoms. The van der Waals surface area contributed by atoms with E-state index in [2.05, 4.69) is 0 Å². The molecule has 1 unspecified atom stereocenters. The van der Waals surface area contributed by atoms with Gasteiger partial charge in [-0.2, -0.15) is 18.4 Å². The fourth-order valence-electron chi connectivity index (χ4n) is 3.42. The number of hydrogen-bond acceptors (Lipinski definition) is 4. The standard InChI is InChI=1S/C22H22BF3N2O3/c1-20(2)21(3,4)31-23(30-20)16-9-7-13(8-10-16)18(19(28)29)14-5-6-15(12-27)17(11-14)22(24,25)26/h5-11,18H,1-4H3,(H2,28,29). The number of nitrogens with zero attached hydrogens (tertiary/aromatic N) is 1. The minimum Gasteiger partial charge on any atom is -0.399 e. The molecule has 0 radical (unpaired) electrons. The second kappa shape index (κ2) is 7.70. The lowest BCUT2D eigenvalue weighted by Crippen LogP contribution is -2.41. The third kappa shape index (κ3) is 4.32. The zero-order chi connectivity index (χ0) is 23.2. The number of benzene rings is 2. The summed E-state index contributed by atoms with van der Waals surface area (Å²) in [5.74, 6) is -1.91. The molecule has 5 nitrogen and oxygen atoms in total. The van der Waals surface area contributed by atoms with Gasteiger partial charge in [0.05, 0.1) is 34.3 Å². The van der Waals surface area contributed by atoms with Crippen LogP contribution in [0.1, 0.15) is 55.9 Å². The molecule has 9 heteroatoms. The van der Waals surface area contributed by atoms with Crippen LogP contribution in [0.15, 0.2) is 42.5 Å². The molecule has 3 rings (SSSR count). The summed E-state index contributed by atoms with van der Waals surface area (Å²) >= 11 is 0. The summed E-state index contributed by atoms with van der Waals surface area (Å²) in [5.41, 5.74) is 4.04. The minimum absolute atomic E-state index is 0.0576. The lowest BCUT2D eigenvalue weighted by atomic mass is 9.77. The normalized spacial score (nSPS) is 18.5. The second-order valence-electron chi connectivity index (χ2n) is 8.50. The van der Waals surface area contributed by atoms with E-state index in [0.29, 0.717) is 11.0 Å². The number of rotatable bonds is 4. The molecule has 1 fully saturated rings. The van der Waals surface area contributed by atoms with E-state index in [4.69, 9.17) is 20.3 Å². The van der Waals surface area contributed by atoms with Crippen LogP contribution < -0.4 is 11.2 Å². The second-order valence-corrected chi connectivity index (χ2v) is 8.50. The summed E-state index contributed by atoms with van der Waals surface area (Å²) in [6.07, 6.45) is -4.73. The maximum absolute atomic E-state index is 13.3. The van der Waals surface area contributed by atoms with E-state index >= 15 is 0 Å². The van der Waals surface area contributed by atoms with Crippen LogP contribution in [-0.2, 0) is 20.3 Å². The predicted molar refractivity (Wildman–Crippen MR) is 109 cm³/mol. The van der Waals surface area contributed by atoms with E-state index in [1.807, 2.05) is 27.7 Å². The first-order valence-electron chi connectivity index (χ1n) is 9.63. The first-order valence-corrected chi connectivity index (χ1v) is 9.63. The highest BCUT2D eigenvalue weighted by Crippen LogP contribution is 2.37. The van der Waals surface area contributed by atoms with Gasteiger partial charge in [-0.3, -0.25) is 4.79 Å². The first-order chi connectivity index (χ1) is 14.3. The van der Waals surface area contributed by atoms with E-state index < -0.39 is 47.4 Å². The first kappa shape index (κ1) is 22.9. The van der Waals surface area contributed by atoms with Gasteiger partial charge in [0.1, 0.15) is 0 Å². The molecular formula is C22H22BF3N2O3. The molecule has 1 atom stereocenters. The molecule has 0 spiro atoms. The van der Waals surface area contributed by atoms with Crippen molar-refractivity contribution in [1.29, 1.82) is 5.26 Å². The Kier molecular flexibility index (Phi) is 5.68. The van der Waals surface area contributed by atoms with Gasteiger partial charge in [0.2, 0.25) is 5.91 Å². The van der Waals surface area contributed by atoms with E-state index in [1.54, 1.807) is 24.3 Å². The van der Waals surface area contributed by atoms with Crippen LogP contribution in [0.2, 0.25) is 0 Å². The summed E-state index contributed by atoms with van der Waals surface area (Å²) in [6.45, 7) is 7.70. The quantitative estimate of drug-likeness (QED) is 0.753. The largest absolute Gasteiger partial charge is 0.494 e. The highest BCUT2D eigenvalue weighted by Gasteiger charge is 2.51. The number of nitrogens with two attached hydrogens (primary N) is 1.